The van der Waals surface area contributed by atoms with Gasteiger partial charge >= 0.3 is 5.97 Å². The van der Waals surface area contributed by atoms with E-state index in [9.17, 15) is 53.7 Å². The first-order valence-electron chi connectivity index (χ1n) is 25.1. The number of aliphatic hydroxyl groups excluding tert-OH is 1. The number of hydrogen-bond donors (Lipinski definition) is 13. The number of carboxylic acids is 1. The lowest BCUT2D eigenvalue weighted by molar-refractivity contribution is -0.141. The highest BCUT2D eigenvalue weighted by atomic mass is 33.1. The van der Waals surface area contributed by atoms with Crippen LogP contribution in [-0.2, 0) is 64.0 Å². The van der Waals surface area contributed by atoms with Gasteiger partial charge in [-0.25, -0.2) is 4.79 Å². The summed E-state index contributed by atoms with van der Waals surface area (Å²) < 4.78 is 0. The molecule has 0 bridgehead atoms. The number of rotatable bonds is 14. The second-order valence-corrected chi connectivity index (χ2v) is 21.3. The van der Waals surface area contributed by atoms with Crippen molar-refractivity contribution in [2.45, 2.75) is 106 Å². The van der Waals surface area contributed by atoms with Crippen LogP contribution in [0.4, 0.5) is 0 Å². The summed E-state index contributed by atoms with van der Waals surface area (Å²) in [4.78, 5) is 116. The predicted molar refractivity (Wildman–Crippen MR) is 293 cm³/mol. The number of aromatic hydroxyl groups is 1. The smallest absolute Gasteiger partial charge is 0.327 e. The van der Waals surface area contributed by atoms with Gasteiger partial charge in [-0.1, -0.05) is 113 Å². The first-order valence-corrected chi connectivity index (χ1v) is 27.6. The number of aliphatic carboxylic acids is 1. The second kappa shape index (κ2) is 29.2. The van der Waals surface area contributed by atoms with Crippen molar-refractivity contribution in [3.05, 3.63) is 138 Å². The highest BCUT2D eigenvalue weighted by Crippen LogP contribution is 2.24. The molecule has 1 saturated heterocycles. The fourth-order valence-electron chi connectivity index (χ4n) is 8.46. The highest BCUT2D eigenvalue weighted by molar-refractivity contribution is 8.76. The Bertz CT molecular complexity index is 2810. The number of aromatic amines is 1. The molecule has 4 aromatic carbocycles. The summed E-state index contributed by atoms with van der Waals surface area (Å²) in [5, 5.41) is 50.7. The monoisotopic (exact) mass is 1090 g/mol. The van der Waals surface area contributed by atoms with Crippen molar-refractivity contribution < 1.29 is 53.7 Å². The van der Waals surface area contributed by atoms with Gasteiger partial charge in [0.2, 0.25) is 41.4 Å². The van der Waals surface area contributed by atoms with Gasteiger partial charge in [0.15, 0.2) is 0 Å². The van der Waals surface area contributed by atoms with Crippen LogP contribution in [0, 0.1) is 0 Å². The van der Waals surface area contributed by atoms with Crippen molar-refractivity contribution in [1.82, 2.24) is 42.2 Å². The number of fused-ring (bicyclic) bond motifs is 1. The Morgan fingerprint density at radius 3 is 1.60 bits per heavy atom. The summed E-state index contributed by atoms with van der Waals surface area (Å²) in [6.07, 6.45) is 0.380. The fraction of sp³-hybridized carbons (Fsp3) is 0.370. The minimum atomic E-state index is -1.71. The molecule has 15 N–H and O–H groups in total. The van der Waals surface area contributed by atoms with Gasteiger partial charge in [-0.3, -0.25) is 33.6 Å². The predicted octanol–water partition coefficient (Wildman–Crippen LogP) is 0.854. The van der Waals surface area contributed by atoms with Gasteiger partial charge < -0.3 is 69.0 Å². The largest absolute Gasteiger partial charge is 0.508 e. The molecular formula is C54H66N10O11S2. The van der Waals surface area contributed by atoms with Crippen LogP contribution in [0.2, 0.25) is 0 Å². The number of phenols is 1. The second-order valence-electron chi connectivity index (χ2n) is 18.7. The third-order valence-corrected chi connectivity index (χ3v) is 15.2. The Morgan fingerprint density at radius 1 is 0.571 bits per heavy atom. The number of carboxylic acid groups (broad SMARTS) is 1. The van der Waals surface area contributed by atoms with Crippen LogP contribution < -0.4 is 48.7 Å². The van der Waals surface area contributed by atoms with Crippen LogP contribution in [-0.4, -0.2) is 140 Å². The van der Waals surface area contributed by atoms with Crippen molar-refractivity contribution in [1.29, 1.82) is 0 Å². The zero-order valence-electron chi connectivity index (χ0n) is 42.3. The number of carbonyl (C=O) groups excluding carboxylic acids is 7. The Kier molecular flexibility index (Phi) is 22.3. The summed E-state index contributed by atoms with van der Waals surface area (Å²) in [5.74, 6) is -7.73. The van der Waals surface area contributed by atoms with Gasteiger partial charge in [-0.2, -0.15) is 0 Å². The zero-order chi connectivity index (χ0) is 55.4. The van der Waals surface area contributed by atoms with Crippen LogP contribution in [0.15, 0.2) is 115 Å². The third-order valence-electron chi connectivity index (χ3n) is 12.7. The third kappa shape index (κ3) is 17.8. The first kappa shape index (κ1) is 58.8. The molecule has 5 aromatic rings. The summed E-state index contributed by atoms with van der Waals surface area (Å²) in [6, 6.07) is 19.1. The van der Waals surface area contributed by atoms with Crippen LogP contribution in [0.3, 0.4) is 0 Å². The lowest BCUT2D eigenvalue weighted by atomic mass is 10.00. The number of H-pyrrole nitrogens is 1. The molecule has 6 rings (SSSR count). The SMILES string of the molecule is C[C@H](O)[C@@H]1NC(=O)[C@H](CCCCN)NC(=O)[C@@H](Cc2c[nH]c3ccccc23)NC(=O)[C@H](Cc2ccc(O)cc2)NC(=O)[C@@H](Cc2ccccc2)NC(=O)[C@H](N)CSSC[C@@H](C(=O)O)NC(=O)[C@H](Cc2ccccc2)NC1=O. The molecule has 410 valence electrons. The molecule has 0 saturated carbocycles. The van der Waals surface area contributed by atoms with Crippen LogP contribution in [0.1, 0.15) is 48.4 Å². The van der Waals surface area contributed by atoms with Gasteiger partial charge in [0.1, 0.15) is 48.0 Å². The number of carbonyl (C=O) groups is 8. The summed E-state index contributed by atoms with van der Waals surface area (Å²) in [7, 11) is 2.04. The summed E-state index contributed by atoms with van der Waals surface area (Å²) >= 11 is 0. The van der Waals surface area contributed by atoms with Gasteiger partial charge in [0.25, 0.3) is 0 Å². The molecule has 77 heavy (non-hydrogen) atoms. The lowest BCUT2D eigenvalue weighted by Gasteiger charge is -2.29. The number of hydrogen-bond acceptors (Lipinski definition) is 14. The number of nitrogens with two attached hydrogens (primary N) is 2. The molecule has 21 nitrogen and oxygen atoms in total. The average Bonchev–Trinajstić information content (AvgIpc) is 3.82. The normalized spacial score (nSPS) is 23.5. The number of nitrogens with one attached hydrogen (secondary N) is 8. The molecule has 1 aliphatic rings. The minimum Gasteiger partial charge on any atom is -0.508 e. The first-order chi connectivity index (χ1) is 37.0. The Balaban J connectivity index is 1.40. The summed E-state index contributed by atoms with van der Waals surface area (Å²) in [6.45, 7) is 1.48. The van der Waals surface area contributed by atoms with Crippen LogP contribution in [0.25, 0.3) is 10.9 Å². The molecule has 9 atom stereocenters. The maximum Gasteiger partial charge on any atom is 0.327 e. The Labute approximate surface area is 453 Å². The number of para-hydroxylation sites is 1. The number of benzene rings is 4. The van der Waals surface area contributed by atoms with E-state index in [2.05, 4.69) is 42.2 Å². The molecule has 1 fully saturated rings. The maximum absolute atomic E-state index is 14.9. The number of aromatic nitrogens is 1. The molecule has 0 unspecified atom stereocenters. The van der Waals surface area contributed by atoms with Crippen molar-refractivity contribution in [2.75, 3.05) is 18.1 Å². The van der Waals surface area contributed by atoms with E-state index in [0.717, 1.165) is 32.5 Å². The molecule has 0 aliphatic carbocycles. The molecule has 7 amide bonds. The Morgan fingerprint density at radius 2 is 1.04 bits per heavy atom. The van der Waals surface area contributed by atoms with Gasteiger partial charge in [0.05, 0.1) is 12.1 Å². The van der Waals surface area contributed by atoms with E-state index in [1.807, 2.05) is 18.2 Å². The fourth-order valence-corrected chi connectivity index (χ4v) is 10.7. The van der Waals surface area contributed by atoms with E-state index in [1.54, 1.807) is 85.1 Å². The summed E-state index contributed by atoms with van der Waals surface area (Å²) in [5.41, 5.74) is 15.3. The lowest BCUT2D eigenvalue weighted by Crippen LogP contribution is -2.62. The molecule has 0 spiro atoms. The molecule has 23 heteroatoms. The molecule has 1 aliphatic heterocycles. The van der Waals surface area contributed by atoms with E-state index in [1.165, 1.54) is 19.1 Å². The number of unbranched alkanes of at least 4 members (excludes halogenated alkanes) is 1. The molecule has 1 aromatic heterocycles. The van der Waals surface area contributed by atoms with Crippen LogP contribution in [0.5, 0.6) is 5.75 Å². The molecular weight excluding hydrogens is 1030 g/mol. The van der Waals surface area contributed by atoms with Crippen molar-refractivity contribution in [3.8, 4) is 5.75 Å². The van der Waals surface area contributed by atoms with Crippen molar-refractivity contribution in [2.24, 2.45) is 11.5 Å². The minimum absolute atomic E-state index is 0.0136. The number of amides is 7. The van der Waals surface area contributed by atoms with E-state index >= 15 is 0 Å². The van der Waals surface area contributed by atoms with Gasteiger partial charge in [-0.05, 0) is 73.2 Å². The van der Waals surface area contributed by atoms with E-state index < -0.39 is 102 Å². The topological polar surface area (TPSA) is 349 Å². The number of aliphatic hydroxyl groups is 1. The average molecular weight is 1100 g/mol. The van der Waals surface area contributed by atoms with E-state index in [0.29, 0.717) is 35.1 Å². The quantitative estimate of drug-likeness (QED) is 0.0542. The molecule has 2 heterocycles. The van der Waals surface area contributed by atoms with E-state index in [4.69, 9.17) is 11.5 Å². The van der Waals surface area contributed by atoms with Gasteiger partial charge in [-0.15, -0.1) is 0 Å². The Hall–Kier alpha value is -7.44. The van der Waals surface area contributed by atoms with Crippen molar-refractivity contribution >= 4 is 79.8 Å². The zero-order valence-corrected chi connectivity index (χ0v) is 43.9. The molecule has 0 radical (unpaired) electrons. The number of phenolic OH excluding ortho intramolecular Hbond substituents is 1. The van der Waals surface area contributed by atoms with Crippen molar-refractivity contribution in [3.63, 3.8) is 0 Å². The standard InChI is InChI=1S/C54H66N10O11S2/c1-31(65)46-53(73)62-43(25-33-14-6-3-7-15-33)51(71)63-45(54(74)75)30-77-76-29-38(56)47(67)59-41(24-32-12-4-2-5-13-32)49(69)60-42(26-34-19-21-36(66)22-20-34)50(70)61-44(27-35-28-57-39-17-9-8-16-37(35)39)52(72)58-40(48(68)64-46)18-10-11-23-55/h2-9,12-17,19-22,28,31,38,40-46,57,65-66H,10-11,18,23-27,29-30,55-56H2,1H3,(H,58,72)(H,59,67)(H,60,69)(H,61,70)(H,62,73)(H,63,71)(H,64,68)(H,74,75)/t31-,38+,40-,41+,42-,43-,44+,45-,46-/m0/s1. The van der Waals surface area contributed by atoms with Gasteiger partial charge in [0, 0.05) is 54.3 Å². The highest BCUT2D eigenvalue weighted by Gasteiger charge is 2.36. The van der Waals surface area contributed by atoms with E-state index in [-0.39, 0.29) is 55.9 Å². The maximum atomic E-state index is 14.9. The van der Waals surface area contributed by atoms with Crippen LogP contribution >= 0.6 is 21.6 Å².